The quantitative estimate of drug-likeness (QED) is 0.710. The molecule has 0 bridgehead atoms. The van der Waals surface area contributed by atoms with Crippen molar-refractivity contribution < 1.29 is 27.5 Å². The molecule has 2 aromatic rings. The molecule has 1 fully saturated rings. The Morgan fingerprint density at radius 3 is 2.67 bits per heavy atom. The van der Waals surface area contributed by atoms with Gasteiger partial charge in [0.25, 0.3) is 0 Å². The van der Waals surface area contributed by atoms with Crippen molar-refractivity contribution in [1.29, 1.82) is 0 Å². The number of amides is 2. The van der Waals surface area contributed by atoms with Gasteiger partial charge in [-0.2, -0.15) is 0 Å². The van der Waals surface area contributed by atoms with Crippen molar-refractivity contribution in [2.75, 3.05) is 32.8 Å². The van der Waals surface area contributed by atoms with E-state index in [0.29, 0.717) is 39.1 Å². The molecule has 0 spiro atoms. The minimum atomic E-state index is -0.754. The summed E-state index contributed by atoms with van der Waals surface area (Å²) >= 11 is 0. The summed E-state index contributed by atoms with van der Waals surface area (Å²) in [5.41, 5.74) is 1.85. The third kappa shape index (κ3) is 7.54. The van der Waals surface area contributed by atoms with Gasteiger partial charge in [-0.25, -0.2) is 13.2 Å². The smallest absolute Gasteiger partial charge is 0.224 e. The molecule has 2 N–H and O–H groups in total. The molecule has 178 valence electrons. The molecule has 0 saturated carbocycles. The average Bonchev–Trinajstić information content (AvgIpc) is 2.79. The number of nitrogens with one attached hydrogen (secondary N) is 2. The van der Waals surface area contributed by atoms with E-state index in [1.165, 1.54) is 12.1 Å². The predicted octanol–water partition coefficient (Wildman–Crippen LogP) is 2.26. The minimum absolute atomic E-state index is 0.00843. The first-order chi connectivity index (χ1) is 15.8. The molecule has 33 heavy (non-hydrogen) atoms. The Labute approximate surface area is 190 Å². The first kappa shape index (κ1) is 24.7. The number of fused-ring (bicyclic) bond motifs is 1. The number of carbonyl (C=O) groups excluding carboxylic acids is 2. The number of carbonyl (C=O) groups is 2. The highest BCUT2D eigenvalue weighted by Gasteiger charge is 2.17. The van der Waals surface area contributed by atoms with Gasteiger partial charge < -0.3 is 15.4 Å². The fourth-order valence-electron chi connectivity index (χ4n) is 3.57. The summed E-state index contributed by atoms with van der Waals surface area (Å²) < 4.78 is 44.3. The number of morpholine rings is 1. The fourth-order valence-corrected chi connectivity index (χ4v) is 3.57. The lowest BCUT2D eigenvalue weighted by Crippen LogP contribution is -2.39. The number of nitrogens with zero attached hydrogens (tertiary/aromatic N) is 2. The Kier molecular flexibility index (Phi) is 8.79. The molecule has 1 aromatic heterocycles. The van der Waals surface area contributed by atoms with Crippen molar-refractivity contribution in [2.24, 2.45) is 0 Å². The number of hydrogen-bond acceptors (Lipinski definition) is 5. The number of halogens is 3. The minimum Gasteiger partial charge on any atom is -0.379 e. The van der Waals surface area contributed by atoms with Crippen molar-refractivity contribution in [1.82, 2.24) is 20.5 Å². The summed E-state index contributed by atoms with van der Waals surface area (Å²) in [6.07, 6.45) is 1.64. The van der Waals surface area contributed by atoms with Gasteiger partial charge >= 0.3 is 0 Å². The van der Waals surface area contributed by atoms with Crippen LogP contribution in [0.3, 0.4) is 0 Å². The zero-order valence-electron chi connectivity index (χ0n) is 18.4. The van der Waals surface area contributed by atoms with Crippen LogP contribution in [-0.2, 0) is 27.3 Å². The maximum atomic E-state index is 13.6. The van der Waals surface area contributed by atoms with Crippen LogP contribution in [0.25, 0.3) is 0 Å². The average molecular weight is 464 g/mol. The molecule has 1 saturated heterocycles. The first-order valence-electron chi connectivity index (χ1n) is 10.8. The summed E-state index contributed by atoms with van der Waals surface area (Å²) in [5, 5.41) is 5.33. The molecule has 2 aliphatic rings. The second-order valence-corrected chi connectivity index (χ2v) is 7.88. The van der Waals surface area contributed by atoms with Crippen LogP contribution in [-0.4, -0.2) is 54.5 Å². The maximum absolute atomic E-state index is 13.6. The highest BCUT2D eigenvalue weighted by atomic mass is 19.1. The van der Waals surface area contributed by atoms with Crippen molar-refractivity contribution in [3.8, 4) is 0 Å². The number of pyridine rings is 1. The number of ether oxygens (including phenoxy) is 1. The summed E-state index contributed by atoms with van der Waals surface area (Å²) in [6.45, 7) is 5.71. The van der Waals surface area contributed by atoms with Crippen molar-refractivity contribution in [2.45, 2.75) is 32.4 Å². The summed E-state index contributed by atoms with van der Waals surface area (Å²) in [5.74, 6) is -1.91. The van der Waals surface area contributed by atoms with E-state index >= 15 is 0 Å². The molecule has 2 amide bonds. The largest absolute Gasteiger partial charge is 0.379 e. The standard InChI is InChI=1S/C14H19F2N3O2.C9H8FNO/c1-10(14-12(16)8-11(15)9-17-14)18-13(20)2-3-19-4-6-21-7-5-19;10-8-2-1-6-4-9(12)11-5-7(6)3-8/h8-10H,2-7H2,1H3,(H,18,20);1-3H,4-5H2,(H,11,12). The van der Waals surface area contributed by atoms with E-state index < -0.39 is 17.7 Å². The lowest BCUT2D eigenvalue weighted by atomic mass is 10.0. The third-order valence-electron chi connectivity index (χ3n) is 5.38. The van der Waals surface area contributed by atoms with Crippen molar-refractivity contribution in [3.63, 3.8) is 0 Å². The molecular weight excluding hydrogens is 437 g/mol. The third-order valence-corrected chi connectivity index (χ3v) is 5.38. The van der Waals surface area contributed by atoms with E-state index in [1.807, 2.05) is 0 Å². The normalized spacial score (nSPS) is 16.7. The van der Waals surface area contributed by atoms with Gasteiger partial charge in [0.1, 0.15) is 17.5 Å². The van der Waals surface area contributed by atoms with Crippen molar-refractivity contribution in [3.05, 3.63) is 64.7 Å². The zero-order valence-corrected chi connectivity index (χ0v) is 18.4. The number of rotatable bonds is 5. The predicted molar refractivity (Wildman–Crippen MR) is 115 cm³/mol. The zero-order chi connectivity index (χ0) is 23.8. The molecule has 0 radical (unpaired) electrons. The van der Waals surface area contributed by atoms with Gasteiger partial charge in [-0.3, -0.25) is 19.5 Å². The topological polar surface area (TPSA) is 83.6 Å². The SMILES string of the molecule is CC(NC(=O)CCN1CCOCC1)c1ncc(F)cc1F.O=C1Cc2ccc(F)cc2CN1. The van der Waals surface area contributed by atoms with Gasteiger partial charge in [0.15, 0.2) is 0 Å². The lowest BCUT2D eigenvalue weighted by Gasteiger charge is -2.26. The van der Waals surface area contributed by atoms with Gasteiger partial charge in [0, 0.05) is 38.7 Å². The molecular formula is C23H27F3N4O3. The van der Waals surface area contributed by atoms with E-state index in [2.05, 4.69) is 20.5 Å². The number of benzene rings is 1. The second-order valence-electron chi connectivity index (χ2n) is 7.88. The molecule has 1 unspecified atom stereocenters. The molecule has 3 heterocycles. The van der Waals surface area contributed by atoms with E-state index in [4.69, 9.17) is 4.74 Å². The molecule has 7 nitrogen and oxygen atoms in total. The molecule has 10 heteroatoms. The van der Waals surface area contributed by atoms with Gasteiger partial charge in [-0.05, 0) is 30.2 Å². The first-order valence-corrected chi connectivity index (χ1v) is 10.8. The molecule has 2 aliphatic heterocycles. The van der Waals surface area contributed by atoms with Crippen LogP contribution in [0.2, 0.25) is 0 Å². The Morgan fingerprint density at radius 2 is 1.94 bits per heavy atom. The van der Waals surface area contributed by atoms with E-state index in [9.17, 15) is 22.8 Å². The van der Waals surface area contributed by atoms with Crippen molar-refractivity contribution >= 4 is 11.8 Å². The van der Waals surface area contributed by atoms with Crippen LogP contribution < -0.4 is 10.6 Å². The summed E-state index contributed by atoms with van der Waals surface area (Å²) in [7, 11) is 0. The summed E-state index contributed by atoms with van der Waals surface area (Å²) in [6, 6.07) is 4.69. The van der Waals surface area contributed by atoms with Gasteiger partial charge in [0.05, 0.1) is 37.6 Å². The fraction of sp³-hybridized carbons (Fsp3) is 0.435. The maximum Gasteiger partial charge on any atom is 0.224 e. The lowest BCUT2D eigenvalue weighted by molar-refractivity contribution is -0.122. The van der Waals surface area contributed by atoms with Crippen LogP contribution in [0.15, 0.2) is 30.5 Å². The molecule has 1 aromatic carbocycles. The van der Waals surface area contributed by atoms with Crippen LogP contribution in [0.5, 0.6) is 0 Å². The monoisotopic (exact) mass is 464 g/mol. The van der Waals surface area contributed by atoms with E-state index in [0.717, 1.165) is 36.5 Å². The van der Waals surface area contributed by atoms with E-state index in [1.54, 1.807) is 13.0 Å². The van der Waals surface area contributed by atoms with Gasteiger partial charge in [-0.1, -0.05) is 6.07 Å². The second kappa shape index (κ2) is 11.8. The van der Waals surface area contributed by atoms with Gasteiger partial charge in [0.2, 0.25) is 11.8 Å². The Hall–Kier alpha value is -2.98. The Bertz CT molecular complexity index is 983. The van der Waals surface area contributed by atoms with Crippen LogP contribution >= 0.6 is 0 Å². The van der Waals surface area contributed by atoms with Gasteiger partial charge in [-0.15, -0.1) is 0 Å². The Balaban J connectivity index is 0.000000215. The van der Waals surface area contributed by atoms with Crippen LogP contribution in [0.4, 0.5) is 13.2 Å². The number of aromatic nitrogens is 1. The highest BCUT2D eigenvalue weighted by molar-refractivity contribution is 5.80. The Morgan fingerprint density at radius 1 is 1.18 bits per heavy atom. The summed E-state index contributed by atoms with van der Waals surface area (Å²) in [4.78, 5) is 28.6. The number of hydrogen-bond donors (Lipinski definition) is 2. The molecule has 4 rings (SSSR count). The molecule has 1 atom stereocenters. The van der Waals surface area contributed by atoms with E-state index in [-0.39, 0.29) is 23.3 Å². The molecule has 0 aliphatic carbocycles. The van der Waals surface area contributed by atoms with Crippen LogP contribution in [0, 0.1) is 17.5 Å². The van der Waals surface area contributed by atoms with Crippen LogP contribution in [0.1, 0.15) is 36.2 Å². The highest BCUT2D eigenvalue weighted by Crippen LogP contribution is 2.16.